The first-order valence-corrected chi connectivity index (χ1v) is 5.47. The summed E-state index contributed by atoms with van der Waals surface area (Å²) in [4.78, 5) is 11.6. The standard InChI is InChI=1S/C10H13ClF2N4O/c1-2-3-17-9(18)8(11)7(4-16-17)15-6-10(12,13)5-14/h2,4,15H,1,3,5-6,14H2. The van der Waals surface area contributed by atoms with Gasteiger partial charge >= 0.3 is 0 Å². The number of aromatic nitrogens is 2. The molecule has 0 atom stereocenters. The van der Waals surface area contributed by atoms with Crippen LogP contribution >= 0.6 is 11.6 Å². The zero-order valence-electron chi connectivity index (χ0n) is 9.50. The topological polar surface area (TPSA) is 72.9 Å². The molecule has 0 radical (unpaired) electrons. The zero-order chi connectivity index (χ0) is 13.8. The summed E-state index contributed by atoms with van der Waals surface area (Å²) < 4.78 is 26.9. The van der Waals surface area contributed by atoms with E-state index in [1.807, 2.05) is 0 Å². The van der Waals surface area contributed by atoms with Gasteiger partial charge in [0, 0.05) is 0 Å². The SMILES string of the molecule is C=CCn1ncc(NCC(F)(F)CN)c(Cl)c1=O. The molecule has 0 aliphatic carbocycles. The number of nitrogens with one attached hydrogen (secondary N) is 1. The van der Waals surface area contributed by atoms with Crippen molar-refractivity contribution in [2.75, 3.05) is 18.4 Å². The first-order chi connectivity index (χ1) is 8.41. The Morgan fingerprint density at radius 3 is 2.89 bits per heavy atom. The molecule has 0 aliphatic rings. The van der Waals surface area contributed by atoms with E-state index in [0.717, 1.165) is 4.68 Å². The number of hydrogen-bond acceptors (Lipinski definition) is 4. The van der Waals surface area contributed by atoms with E-state index in [9.17, 15) is 13.6 Å². The fourth-order valence-corrected chi connectivity index (χ4v) is 1.35. The molecule has 1 aromatic rings. The average molecular weight is 279 g/mol. The Morgan fingerprint density at radius 1 is 1.67 bits per heavy atom. The summed E-state index contributed by atoms with van der Waals surface area (Å²) in [6.45, 7) is 2.14. The van der Waals surface area contributed by atoms with E-state index < -0.39 is 24.6 Å². The third kappa shape index (κ3) is 3.51. The number of hydrogen-bond donors (Lipinski definition) is 2. The Balaban J connectivity index is 2.89. The van der Waals surface area contributed by atoms with Gasteiger partial charge in [0.25, 0.3) is 11.5 Å². The smallest absolute Gasteiger partial charge is 0.287 e. The molecule has 100 valence electrons. The summed E-state index contributed by atoms with van der Waals surface area (Å²) in [6, 6.07) is 0. The molecule has 0 amide bonds. The quantitative estimate of drug-likeness (QED) is 0.764. The molecule has 5 nitrogen and oxygen atoms in total. The number of rotatable bonds is 6. The van der Waals surface area contributed by atoms with Gasteiger partial charge in [-0.3, -0.25) is 4.79 Å². The molecule has 0 spiro atoms. The van der Waals surface area contributed by atoms with Crippen LogP contribution in [0.4, 0.5) is 14.5 Å². The van der Waals surface area contributed by atoms with E-state index in [0.29, 0.717) is 0 Å². The molecule has 8 heteroatoms. The summed E-state index contributed by atoms with van der Waals surface area (Å²) >= 11 is 5.76. The van der Waals surface area contributed by atoms with Gasteiger partial charge in [0.2, 0.25) is 0 Å². The third-order valence-electron chi connectivity index (χ3n) is 2.12. The van der Waals surface area contributed by atoms with E-state index >= 15 is 0 Å². The predicted molar refractivity (Wildman–Crippen MR) is 66.2 cm³/mol. The van der Waals surface area contributed by atoms with E-state index in [1.54, 1.807) is 0 Å². The molecule has 0 unspecified atom stereocenters. The lowest BCUT2D eigenvalue weighted by Crippen LogP contribution is -2.36. The normalized spacial score (nSPS) is 11.3. The monoisotopic (exact) mass is 278 g/mol. The maximum atomic E-state index is 12.9. The molecule has 0 fully saturated rings. The van der Waals surface area contributed by atoms with E-state index in [4.69, 9.17) is 17.3 Å². The van der Waals surface area contributed by atoms with Crippen molar-refractivity contribution >= 4 is 17.3 Å². The molecule has 0 saturated heterocycles. The second kappa shape index (κ2) is 5.92. The Hall–Kier alpha value is -1.47. The molecule has 0 bridgehead atoms. The maximum absolute atomic E-state index is 12.9. The minimum absolute atomic E-state index is 0.0510. The van der Waals surface area contributed by atoms with Crippen LogP contribution in [0.25, 0.3) is 0 Å². The fourth-order valence-electron chi connectivity index (χ4n) is 1.14. The van der Waals surface area contributed by atoms with Gasteiger partial charge < -0.3 is 11.1 Å². The molecule has 1 aromatic heterocycles. The van der Waals surface area contributed by atoms with Gasteiger partial charge in [-0.2, -0.15) is 5.10 Å². The van der Waals surface area contributed by atoms with Crippen molar-refractivity contribution < 1.29 is 8.78 Å². The number of nitrogens with two attached hydrogens (primary N) is 1. The minimum Gasteiger partial charge on any atom is -0.376 e. The largest absolute Gasteiger partial charge is 0.376 e. The summed E-state index contributed by atoms with van der Waals surface area (Å²) in [5.74, 6) is -3.07. The number of nitrogens with zero attached hydrogens (tertiary/aromatic N) is 2. The Labute approximate surface area is 107 Å². The second-order valence-electron chi connectivity index (χ2n) is 3.56. The van der Waals surface area contributed by atoms with Crippen molar-refractivity contribution in [2.45, 2.75) is 12.5 Å². The molecule has 0 saturated carbocycles. The highest BCUT2D eigenvalue weighted by Gasteiger charge is 2.26. The van der Waals surface area contributed by atoms with Crippen LogP contribution in [0.15, 0.2) is 23.6 Å². The Morgan fingerprint density at radius 2 is 2.33 bits per heavy atom. The lowest BCUT2D eigenvalue weighted by Gasteiger charge is -2.16. The summed E-state index contributed by atoms with van der Waals surface area (Å²) in [7, 11) is 0. The molecule has 1 heterocycles. The van der Waals surface area contributed by atoms with Crippen molar-refractivity contribution in [1.29, 1.82) is 0 Å². The molecular formula is C10H13ClF2N4O. The van der Waals surface area contributed by atoms with Crippen molar-refractivity contribution in [3.8, 4) is 0 Å². The highest BCUT2D eigenvalue weighted by Crippen LogP contribution is 2.18. The number of anilines is 1. The van der Waals surface area contributed by atoms with Gasteiger partial charge in [-0.1, -0.05) is 17.7 Å². The molecular weight excluding hydrogens is 266 g/mol. The van der Waals surface area contributed by atoms with Crippen LogP contribution in [0.1, 0.15) is 0 Å². The highest BCUT2D eigenvalue weighted by atomic mass is 35.5. The van der Waals surface area contributed by atoms with Crippen LogP contribution in [0, 0.1) is 0 Å². The van der Waals surface area contributed by atoms with Crippen molar-refractivity contribution in [2.24, 2.45) is 5.73 Å². The first kappa shape index (κ1) is 14.6. The molecule has 0 aromatic carbocycles. The van der Waals surface area contributed by atoms with Crippen molar-refractivity contribution in [1.82, 2.24) is 9.78 Å². The van der Waals surface area contributed by atoms with Crippen LogP contribution in [-0.4, -0.2) is 28.8 Å². The van der Waals surface area contributed by atoms with Crippen LogP contribution in [0.3, 0.4) is 0 Å². The second-order valence-corrected chi connectivity index (χ2v) is 3.94. The summed E-state index contributed by atoms with van der Waals surface area (Å²) in [6.07, 6.45) is 2.68. The third-order valence-corrected chi connectivity index (χ3v) is 2.49. The first-order valence-electron chi connectivity index (χ1n) is 5.09. The van der Waals surface area contributed by atoms with Crippen LogP contribution in [0.2, 0.25) is 5.02 Å². The van der Waals surface area contributed by atoms with Gasteiger partial charge in [0.05, 0.1) is 31.5 Å². The minimum atomic E-state index is -3.07. The van der Waals surface area contributed by atoms with Gasteiger partial charge in [-0.25, -0.2) is 13.5 Å². The number of halogens is 3. The Bertz CT molecular complexity index is 489. The van der Waals surface area contributed by atoms with Crippen molar-refractivity contribution in [3.05, 3.63) is 34.2 Å². The number of allylic oxidation sites excluding steroid dienone is 1. The van der Waals surface area contributed by atoms with E-state index in [-0.39, 0.29) is 17.3 Å². The lowest BCUT2D eigenvalue weighted by molar-refractivity contribution is 0.0254. The van der Waals surface area contributed by atoms with E-state index in [1.165, 1.54) is 12.3 Å². The predicted octanol–water partition coefficient (Wildman–Crippen LogP) is 1.09. The zero-order valence-corrected chi connectivity index (χ0v) is 10.3. The fraction of sp³-hybridized carbons (Fsp3) is 0.400. The van der Waals surface area contributed by atoms with Crippen LogP contribution in [-0.2, 0) is 6.54 Å². The molecule has 0 aliphatic heterocycles. The summed E-state index contributed by atoms with van der Waals surface area (Å²) in [5, 5.41) is 5.92. The van der Waals surface area contributed by atoms with Crippen LogP contribution in [0.5, 0.6) is 0 Å². The highest BCUT2D eigenvalue weighted by molar-refractivity contribution is 6.32. The average Bonchev–Trinajstić information content (AvgIpc) is 2.34. The van der Waals surface area contributed by atoms with Gasteiger partial charge in [-0.05, 0) is 0 Å². The molecule has 18 heavy (non-hydrogen) atoms. The van der Waals surface area contributed by atoms with E-state index in [2.05, 4.69) is 17.0 Å². The van der Waals surface area contributed by atoms with Gasteiger partial charge in [0.1, 0.15) is 5.02 Å². The van der Waals surface area contributed by atoms with Crippen molar-refractivity contribution in [3.63, 3.8) is 0 Å². The summed E-state index contributed by atoms with van der Waals surface area (Å²) in [5.41, 5.74) is 4.37. The molecule has 1 rings (SSSR count). The number of alkyl halides is 2. The maximum Gasteiger partial charge on any atom is 0.287 e. The molecule has 3 N–H and O–H groups in total. The Kier molecular flexibility index (Phi) is 4.80. The lowest BCUT2D eigenvalue weighted by atomic mass is 10.3. The van der Waals surface area contributed by atoms with Gasteiger partial charge in [0.15, 0.2) is 0 Å². The van der Waals surface area contributed by atoms with Gasteiger partial charge in [-0.15, -0.1) is 6.58 Å². The van der Waals surface area contributed by atoms with Crippen LogP contribution < -0.4 is 16.6 Å².